The van der Waals surface area contributed by atoms with Gasteiger partial charge in [0.25, 0.3) is 0 Å². The number of hydrogen-bond donors (Lipinski definition) is 0. The first-order valence-electron chi connectivity index (χ1n) is 8.45. The Hall–Kier alpha value is -1.23. The lowest BCUT2D eigenvalue weighted by Gasteiger charge is -2.43. The lowest BCUT2D eigenvalue weighted by atomic mass is 9.84. The van der Waals surface area contributed by atoms with Crippen LogP contribution in [0.15, 0.2) is 0 Å². The van der Waals surface area contributed by atoms with Crippen LogP contribution in [0, 0.1) is 24.2 Å². The van der Waals surface area contributed by atoms with Gasteiger partial charge < -0.3 is 18.9 Å². The molecule has 25 heavy (non-hydrogen) atoms. The van der Waals surface area contributed by atoms with Crippen LogP contribution >= 0.6 is 11.8 Å². The molecule has 0 N–H and O–H groups in total. The van der Waals surface area contributed by atoms with E-state index in [2.05, 4.69) is 5.92 Å². The summed E-state index contributed by atoms with van der Waals surface area (Å²) in [5, 5.41) is 0. The third-order valence-corrected chi connectivity index (χ3v) is 5.40. The van der Waals surface area contributed by atoms with Crippen molar-refractivity contribution in [3.8, 4) is 12.3 Å². The molecule has 5 unspecified atom stereocenters. The summed E-state index contributed by atoms with van der Waals surface area (Å²) in [7, 11) is 0. The Morgan fingerprint density at radius 3 is 2.52 bits per heavy atom. The molecule has 0 aromatic heterocycles. The van der Waals surface area contributed by atoms with E-state index in [4.69, 9.17) is 25.4 Å². The standard InChI is InChI=1S/C18H28O6S/c1-6-8-21-9-7-10-25-18-17(23-15(5)20)13(3)12(2)16(24-18)11-22-14(4)19/h1,12-13,16-18H,7-11H2,2-5H3. The van der Waals surface area contributed by atoms with Gasteiger partial charge in [-0.25, -0.2) is 0 Å². The second-order valence-corrected chi connectivity index (χ2v) is 7.33. The molecule has 0 radical (unpaired) electrons. The average molecular weight is 372 g/mol. The molecule has 0 spiro atoms. The first kappa shape index (κ1) is 21.8. The van der Waals surface area contributed by atoms with Gasteiger partial charge in [0.15, 0.2) is 0 Å². The van der Waals surface area contributed by atoms with Crippen LogP contribution in [0.5, 0.6) is 0 Å². The molecule has 1 saturated heterocycles. The molecule has 6 nitrogen and oxygen atoms in total. The number of carbonyl (C=O) groups is 2. The van der Waals surface area contributed by atoms with E-state index in [1.54, 1.807) is 11.8 Å². The van der Waals surface area contributed by atoms with Crippen LogP contribution in [0.3, 0.4) is 0 Å². The van der Waals surface area contributed by atoms with E-state index in [-0.39, 0.29) is 48.0 Å². The molecule has 0 aliphatic carbocycles. The maximum absolute atomic E-state index is 11.5. The molecular formula is C18H28O6S. The summed E-state index contributed by atoms with van der Waals surface area (Å²) >= 11 is 1.58. The molecule has 0 amide bonds. The summed E-state index contributed by atoms with van der Waals surface area (Å²) in [5.41, 5.74) is -0.303. The van der Waals surface area contributed by atoms with Crippen molar-refractivity contribution in [2.24, 2.45) is 11.8 Å². The Kier molecular flexibility index (Phi) is 9.94. The van der Waals surface area contributed by atoms with Gasteiger partial charge in [0.1, 0.15) is 24.8 Å². The van der Waals surface area contributed by atoms with Crippen molar-refractivity contribution in [3.63, 3.8) is 0 Å². The van der Waals surface area contributed by atoms with Gasteiger partial charge in [-0.15, -0.1) is 18.2 Å². The second kappa shape index (κ2) is 11.4. The zero-order valence-corrected chi connectivity index (χ0v) is 16.2. The van der Waals surface area contributed by atoms with Crippen molar-refractivity contribution >= 4 is 23.7 Å². The lowest BCUT2D eigenvalue weighted by molar-refractivity contribution is -0.184. The van der Waals surface area contributed by atoms with E-state index < -0.39 is 0 Å². The Morgan fingerprint density at radius 1 is 1.20 bits per heavy atom. The van der Waals surface area contributed by atoms with Crippen LogP contribution in [-0.4, -0.2) is 55.2 Å². The molecule has 7 heteroatoms. The topological polar surface area (TPSA) is 71.1 Å². The monoisotopic (exact) mass is 372 g/mol. The number of esters is 2. The summed E-state index contributed by atoms with van der Waals surface area (Å²) < 4.78 is 22.0. The molecule has 1 aliphatic heterocycles. The van der Waals surface area contributed by atoms with Crippen molar-refractivity contribution in [3.05, 3.63) is 0 Å². The van der Waals surface area contributed by atoms with Crippen LogP contribution in [-0.2, 0) is 28.5 Å². The molecule has 5 atom stereocenters. The van der Waals surface area contributed by atoms with Crippen LogP contribution in [0.25, 0.3) is 0 Å². The fourth-order valence-corrected chi connectivity index (χ4v) is 3.86. The highest BCUT2D eigenvalue weighted by atomic mass is 32.2. The van der Waals surface area contributed by atoms with Crippen LogP contribution in [0.4, 0.5) is 0 Å². The van der Waals surface area contributed by atoms with Gasteiger partial charge in [0.05, 0.1) is 6.10 Å². The molecule has 1 fully saturated rings. The van der Waals surface area contributed by atoms with Crippen molar-refractivity contribution in [2.75, 3.05) is 25.6 Å². The van der Waals surface area contributed by atoms with Crippen molar-refractivity contribution in [2.45, 2.75) is 51.8 Å². The molecule has 1 heterocycles. The first-order valence-corrected chi connectivity index (χ1v) is 9.50. The van der Waals surface area contributed by atoms with Crippen LogP contribution in [0.2, 0.25) is 0 Å². The van der Waals surface area contributed by atoms with Crippen molar-refractivity contribution in [1.82, 2.24) is 0 Å². The van der Waals surface area contributed by atoms with E-state index in [0.717, 1.165) is 12.2 Å². The fourth-order valence-electron chi connectivity index (χ4n) is 2.63. The summed E-state index contributed by atoms with van der Waals surface area (Å²) in [6.45, 7) is 7.91. The molecule has 0 aromatic rings. The molecular weight excluding hydrogens is 344 g/mol. The number of carbonyl (C=O) groups excluding carboxylic acids is 2. The third kappa shape index (κ3) is 7.68. The number of rotatable bonds is 9. The fraction of sp³-hybridized carbons (Fsp3) is 0.778. The number of ether oxygens (including phenoxy) is 4. The molecule has 0 saturated carbocycles. The van der Waals surface area contributed by atoms with Gasteiger partial charge in [-0.3, -0.25) is 9.59 Å². The van der Waals surface area contributed by atoms with Gasteiger partial charge in [0.2, 0.25) is 0 Å². The van der Waals surface area contributed by atoms with E-state index in [0.29, 0.717) is 13.2 Å². The summed E-state index contributed by atoms with van der Waals surface area (Å²) in [4.78, 5) is 22.5. The van der Waals surface area contributed by atoms with Gasteiger partial charge >= 0.3 is 11.9 Å². The highest BCUT2D eigenvalue weighted by Gasteiger charge is 2.43. The SMILES string of the molecule is C#CCOCCCSC1OC(COC(C)=O)C(C)C(C)C1OC(C)=O. The molecule has 1 rings (SSSR count). The summed E-state index contributed by atoms with van der Waals surface area (Å²) in [6.07, 6.45) is 5.39. The second-order valence-electron chi connectivity index (χ2n) is 6.12. The highest BCUT2D eigenvalue weighted by Crippen LogP contribution is 2.37. The Bertz CT molecular complexity index is 473. The zero-order chi connectivity index (χ0) is 18.8. The zero-order valence-electron chi connectivity index (χ0n) is 15.4. The molecule has 142 valence electrons. The van der Waals surface area contributed by atoms with Crippen LogP contribution < -0.4 is 0 Å². The number of thioether (sulfide) groups is 1. The molecule has 0 bridgehead atoms. The Balaban J connectivity index is 2.63. The highest BCUT2D eigenvalue weighted by molar-refractivity contribution is 7.99. The van der Waals surface area contributed by atoms with E-state index >= 15 is 0 Å². The average Bonchev–Trinajstić information content (AvgIpc) is 2.55. The van der Waals surface area contributed by atoms with Gasteiger partial charge in [0, 0.05) is 26.4 Å². The van der Waals surface area contributed by atoms with Crippen molar-refractivity contribution in [1.29, 1.82) is 0 Å². The maximum atomic E-state index is 11.5. The Morgan fingerprint density at radius 2 is 1.92 bits per heavy atom. The predicted molar refractivity (Wildman–Crippen MR) is 95.9 cm³/mol. The molecule has 0 aromatic carbocycles. The third-order valence-electron chi connectivity index (χ3n) is 4.16. The minimum absolute atomic E-state index is 0.0911. The molecule has 1 aliphatic rings. The normalized spacial score (nSPS) is 28.8. The van der Waals surface area contributed by atoms with E-state index in [1.165, 1.54) is 13.8 Å². The van der Waals surface area contributed by atoms with Gasteiger partial charge in [-0.2, -0.15) is 0 Å². The largest absolute Gasteiger partial charge is 0.463 e. The summed E-state index contributed by atoms with van der Waals surface area (Å²) in [5.74, 6) is 2.74. The first-order chi connectivity index (χ1) is 11.9. The van der Waals surface area contributed by atoms with E-state index in [9.17, 15) is 9.59 Å². The smallest absolute Gasteiger partial charge is 0.303 e. The number of hydrogen-bond acceptors (Lipinski definition) is 7. The quantitative estimate of drug-likeness (QED) is 0.349. The maximum Gasteiger partial charge on any atom is 0.303 e. The van der Waals surface area contributed by atoms with Crippen molar-refractivity contribution < 1.29 is 28.5 Å². The predicted octanol–water partition coefficient (Wildman–Crippen LogP) is 2.25. The Labute approximate surface area is 154 Å². The van der Waals surface area contributed by atoms with Gasteiger partial charge in [-0.05, 0) is 18.1 Å². The minimum Gasteiger partial charge on any atom is -0.463 e. The summed E-state index contributed by atoms with van der Waals surface area (Å²) in [6, 6.07) is 0. The minimum atomic E-state index is -0.335. The number of terminal acetylenes is 1. The van der Waals surface area contributed by atoms with Gasteiger partial charge in [-0.1, -0.05) is 19.8 Å². The lowest BCUT2D eigenvalue weighted by Crippen LogP contribution is -2.51. The van der Waals surface area contributed by atoms with Crippen LogP contribution in [0.1, 0.15) is 34.1 Å². The van der Waals surface area contributed by atoms with E-state index in [1.807, 2.05) is 13.8 Å².